The average Bonchev–Trinajstić information content (AvgIpc) is 2.79. The molecule has 1 aromatic rings. The molecule has 0 aromatic heterocycles. The zero-order valence-corrected chi connectivity index (χ0v) is 16.2. The van der Waals surface area contributed by atoms with Gasteiger partial charge in [-0.2, -0.15) is 0 Å². The molecule has 1 heterocycles. The lowest BCUT2D eigenvalue weighted by molar-refractivity contribution is -0.148. The zero-order valence-electron chi connectivity index (χ0n) is 15.2. The predicted octanol–water partition coefficient (Wildman–Crippen LogP) is 3.81. The van der Waals surface area contributed by atoms with Crippen molar-refractivity contribution in [3.8, 4) is 0 Å². The molecular weight excluding hydrogens is 318 g/mol. The largest absolute Gasteiger partial charge is 0.468 e. The first-order chi connectivity index (χ1) is 11.0. The van der Waals surface area contributed by atoms with Crippen LogP contribution < -0.4 is 5.32 Å². The van der Waals surface area contributed by atoms with Gasteiger partial charge in [0.15, 0.2) is 5.41 Å². The molecule has 0 spiro atoms. The number of nitrogens with one attached hydrogen (secondary N) is 1. The monoisotopic (exact) mass is 343 g/mol. The van der Waals surface area contributed by atoms with Crippen molar-refractivity contribution in [2.45, 2.75) is 44.3 Å². The smallest absolute Gasteiger partial charge is 0.330 e. The molecular formula is C19H25NO3Si. The molecule has 0 saturated carbocycles. The summed E-state index contributed by atoms with van der Waals surface area (Å²) >= 11 is 0. The van der Waals surface area contributed by atoms with Crippen LogP contribution in [0, 0.1) is 0 Å². The quantitative estimate of drug-likeness (QED) is 0.393. The Hall–Kier alpha value is -2.10. The summed E-state index contributed by atoms with van der Waals surface area (Å²) in [5.41, 5.74) is 2.74. The molecule has 1 aliphatic heterocycles. The minimum Gasteiger partial charge on any atom is -0.468 e. The number of para-hydroxylation sites is 1. The maximum Gasteiger partial charge on any atom is 0.330 e. The standard InChI is InChI=1S/C19H25NO3Si/c1-8-15(24(6,7)18(2,3)4)19(17(22)23-5)13-11-9-10-12-14(13)20-16(19)21/h9-12H,1H2,2-7H3,(H,20,21). The molecule has 1 aromatic carbocycles. The van der Waals surface area contributed by atoms with Crippen molar-refractivity contribution >= 4 is 25.6 Å². The second-order valence-electron chi connectivity index (χ2n) is 7.67. The molecule has 0 radical (unpaired) electrons. The van der Waals surface area contributed by atoms with Gasteiger partial charge in [0.1, 0.15) is 0 Å². The highest BCUT2D eigenvalue weighted by Crippen LogP contribution is 2.51. The van der Waals surface area contributed by atoms with Crippen molar-refractivity contribution in [3.05, 3.63) is 47.3 Å². The van der Waals surface area contributed by atoms with Gasteiger partial charge in [0, 0.05) is 11.3 Å². The lowest BCUT2D eigenvalue weighted by Gasteiger charge is -2.43. The van der Waals surface area contributed by atoms with E-state index in [4.69, 9.17) is 4.74 Å². The van der Waals surface area contributed by atoms with Crippen LogP contribution in [0.2, 0.25) is 18.1 Å². The summed E-state index contributed by atoms with van der Waals surface area (Å²) in [7, 11) is -0.969. The molecule has 5 heteroatoms. The van der Waals surface area contributed by atoms with Gasteiger partial charge in [-0.05, 0) is 16.3 Å². The maximum absolute atomic E-state index is 13.0. The predicted molar refractivity (Wildman–Crippen MR) is 98.6 cm³/mol. The van der Waals surface area contributed by atoms with Gasteiger partial charge in [0.05, 0.1) is 15.2 Å². The van der Waals surface area contributed by atoms with Crippen LogP contribution in [0.15, 0.2) is 41.8 Å². The molecule has 1 N–H and O–H groups in total. The number of methoxy groups -OCH3 is 1. The third-order valence-electron chi connectivity index (χ3n) is 5.46. The molecule has 0 bridgehead atoms. The van der Waals surface area contributed by atoms with E-state index in [1.807, 2.05) is 12.1 Å². The van der Waals surface area contributed by atoms with Crippen molar-refractivity contribution in [2.24, 2.45) is 0 Å². The fourth-order valence-electron chi connectivity index (χ4n) is 3.16. The molecule has 2 rings (SSSR count). The third kappa shape index (κ3) is 2.27. The zero-order chi connectivity index (χ0) is 18.3. The Morgan fingerprint density at radius 1 is 1.29 bits per heavy atom. The number of fused-ring (bicyclic) bond motifs is 1. The van der Waals surface area contributed by atoms with Crippen LogP contribution in [0.4, 0.5) is 5.69 Å². The van der Waals surface area contributed by atoms with Gasteiger partial charge in [0.25, 0.3) is 5.91 Å². The van der Waals surface area contributed by atoms with Gasteiger partial charge in [-0.3, -0.25) is 9.59 Å². The van der Waals surface area contributed by atoms with E-state index >= 15 is 0 Å². The number of amides is 1. The number of esters is 1. The number of hydrogen-bond acceptors (Lipinski definition) is 3. The Bertz CT molecular complexity index is 744. The highest BCUT2D eigenvalue weighted by molar-refractivity contribution is 6.88. The van der Waals surface area contributed by atoms with Crippen molar-refractivity contribution in [3.63, 3.8) is 0 Å². The van der Waals surface area contributed by atoms with Gasteiger partial charge in [0.2, 0.25) is 0 Å². The van der Waals surface area contributed by atoms with E-state index in [2.05, 4.69) is 51.5 Å². The molecule has 4 nitrogen and oxygen atoms in total. The minimum absolute atomic E-state index is 0.0914. The lowest BCUT2D eigenvalue weighted by atomic mass is 9.81. The molecule has 1 amide bonds. The summed E-state index contributed by atoms with van der Waals surface area (Å²) in [4.78, 5) is 26.0. The normalized spacial score (nSPS) is 20.0. The first kappa shape index (κ1) is 18.2. The highest BCUT2D eigenvalue weighted by atomic mass is 28.3. The summed E-state index contributed by atoms with van der Waals surface area (Å²) in [6.45, 7) is 14.5. The van der Waals surface area contributed by atoms with Gasteiger partial charge < -0.3 is 10.1 Å². The number of anilines is 1. The van der Waals surface area contributed by atoms with E-state index in [-0.39, 0.29) is 10.9 Å². The highest BCUT2D eigenvalue weighted by Gasteiger charge is 2.61. The van der Waals surface area contributed by atoms with Crippen LogP contribution in [-0.4, -0.2) is 27.1 Å². The molecule has 1 atom stereocenters. The Morgan fingerprint density at radius 2 is 1.88 bits per heavy atom. The number of carbonyl (C=O) groups excluding carboxylic acids is 2. The Labute approximate surface area is 144 Å². The van der Waals surface area contributed by atoms with E-state index in [1.165, 1.54) is 7.11 Å². The molecule has 0 saturated heterocycles. The van der Waals surface area contributed by atoms with E-state index in [9.17, 15) is 9.59 Å². The Kier molecular flexibility index (Phi) is 4.38. The van der Waals surface area contributed by atoms with Crippen molar-refractivity contribution < 1.29 is 14.3 Å². The van der Waals surface area contributed by atoms with Crippen molar-refractivity contribution in [1.29, 1.82) is 0 Å². The number of rotatable bonds is 3. The number of hydrogen-bond donors (Lipinski definition) is 1. The summed E-state index contributed by atoms with van der Waals surface area (Å²) in [6, 6.07) is 7.25. The van der Waals surface area contributed by atoms with Crippen LogP contribution in [0.1, 0.15) is 26.3 Å². The second-order valence-corrected chi connectivity index (χ2v) is 12.9. The van der Waals surface area contributed by atoms with E-state index in [0.717, 1.165) is 0 Å². The van der Waals surface area contributed by atoms with Crippen LogP contribution >= 0.6 is 0 Å². The van der Waals surface area contributed by atoms with Gasteiger partial charge in [-0.25, -0.2) is 0 Å². The van der Waals surface area contributed by atoms with Crippen LogP contribution in [0.3, 0.4) is 0 Å². The molecule has 1 unspecified atom stereocenters. The fourth-order valence-corrected chi connectivity index (χ4v) is 5.64. The molecule has 128 valence electrons. The van der Waals surface area contributed by atoms with E-state index in [0.29, 0.717) is 16.4 Å². The van der Waals surface area contributed by atoms with E-state index in [1.54, 1.807) is 12.1 Å². The number of ether oxygens (including phenoxy) is 1. The number of carbonyl (C=O) groups is 2. The summed E-state index contributed by atoms with van der Waals surface area (Å²) in [5, 5.41) is 3.41. The van der Waals surface area contributed by atoms with Gasteiger partial charge in [-0.15, -0.1) is 5.73 Å². The van der Waals surface area contributed by atoms with E-state index < -0.39 is 19.5 Å². The lowest BCUT2D eigenvalue weighted by Crippen LogP contribution is -2.55. The minimum atomic E-state index is -2.28. The van der Waals surface area contributed by atoms with Crippen LogP contribution in [0.25, 0.3) is 0 Å². The molecule has 0 aliphatic carbocycles. The second kappa shape index (κ2) is 5.76. The number of benzene rings is 1. The third-order valence-corrected chi connectivity index (χ3v) is 11.0. The van der Waals surface area contributed by atoms with Crippen LogP contribution in [-0.2, 0) is 19.7 Å². The fraction of sp³-hybridized carbons (Fsp3) is 0.421. The van der Waals surface area contributed by atoms with Crippen LogP contribution in [0.5, 0.6) is 0 Å². The van der Waals surface area contributed by atoms with Crippen molar-refractivity contribution in [1.82, 2.24) is 0 Å². The topological polar surface area (TPSA) is 55.4 Å². The Morgan fingerprint density at radius 3 is 2.38 bits per heavy atom. The summed E-state index contributed by atoms with van der Waals surface area (Å²) in [5.74, 6) is -0.965. The molecule has 1 aliphatic rings. The van der Waals surface area contributed by atoms with Crippen molar-refractivity contribution in [2.75, 3.05) is 12.4 Å². The molecule has 0 fully saturated rings. The van der Waals surface area contributed by atoms with Gasteiger partial charge >= 0.3 is 5.97 Å². The van der Waals surface area contributed by atoms with Gasteiger partial charge in [-0.1, -0.05) is 58.6 Å². The molecule has 24 heavy (non-hydrogen) atoms. The Balaban J connectivity index is 2.88. The first-order valence-electron chi connectivity index (χ1n) is 7.95. The maximum atomic E-state index is 13.0. The first-order valence-corrected chi connectivity index (χ1v) is 11.0. The summed E-state index contributed by atoms with van der Waals surface area (Å²) < 4.78 is 5.09. The average molecular weight is 343 g/mol. The SMILES string of the molecule is C=C=C(C1(C(=O)OC)C(=O)Nc2ccccc21)[Si](C)(C)C(C)(C)C. The summed E-state index contributed by atoms with van der Waals surface area (Å²) in [6.07, 6.45) is 0.